The highest BCUT2D eigenvalue weighted by Gasteiger charge is 2.33. The summed E-state index contributed by atoms with van der Waals surface area (Å²) in [7, 11) is 0. The lowest BCUT2D eigenvalue weighted by molar-refractivity contribution is 0.00531. The Morgan fingerprint density at radius 1 is 1.21 bits per heavy atom. The van der Waals surface area contributed by atoms with Gasteiger partial charge in [-0.05, 0) is 23.8 Å². The van der Waals surface area contributed by atoms with Crippen LogP contribution in [0.2, 0.25) is 10.0 Å². The third-order valence-electron chi connectivity index (χ3n) is 5.30. The number of nitrogens with one attached hydrogen (secondary N) is 1. The van der Waals surface area contributed by atoms with Gasteiger partial charge in [0.15, 0.2) is 5.76 Å². The number of aliphatic hydroxyl groups excluding tert-OH is 3. The minimum atomic E-state index is -1.02. The number of rotatable bonds is 8. The number of hydrogen-bond donors (Lipinski definition) is 4. The number of aliphatic hydroxyl groups is 3. The Morgan fingerprint density at radius 2 is 2.00 bits per heavy atom. The summed E-state index contributed by atoms with van der Waals surface area (Å²) in [5, 5.41) is 32.8. The Kier molecular flexibility index (Phi) is 7.16. The normalized spacial score (nSPS) is 14.5. The molecule has 0 unspecified atom stereocenters. The van der Waals surface area contributed by atoms with Crippen LogP contribution in [0.25, 0.3) is 11.5 Å². The third-order valence-corrected chi connectivity index (χ3v) is 5.81. The van der Waals surface area contributed by atoms with Crippen LogP contribution in [-0.4, -0.2) is 68.1 Å². The highest BCUT2D eigenvalue weighted by Crippen LogP contribution is 2.33. The number of carbonyl (C=O) groups is 1. The van der Waals surface area contributed by atoms with E-state index in [0.29, 0.717) is 29.3 Å². The van der Waals surface area contributed by atoms with Gasteiger partial charge in [0.1, 0.15) is 17.7 Å². The van der Waals surface area contributed by atoms with Gasteiger partial charge in [0.05, 0.1) is 36.0 Å². The van der Waals surface area contributed by atoms with Gasteiger partial charge < -0.3 is 30.0 Å². The van der Waals surface area contributed by atoms with Gasteiger partial charge in [0, 0.05) is 24.4 Å². The average Bonchev–Trinajstić information content (AvgIpc) is 3.24. The monoisotopic (exact) mass is 492 g/mol. The summed E-state index contributed by atoms with van der Waals surface area (Å²) >= 11 is 12.3. The van der Waals surface area contributed by atoms with E-state index < -0.39 is 12.3 Å². The van der Waals surface area contributed by atoms with Crippen molar-refractivity contribution in [2.45, 2.75) is 25.1 Å². The van der Waals surface area contributed by atoms with Gasteiger partial charge in [-0.3, -0.25) is 4.79 Å². The van der Waals surface area contributed by atoms with E-state index in [-0.39, 0.29) is 48.0 Å². The van der Waals surface area contributed by atoms with Gasteiger partial charge >= 0.3 is 0 Å². The van der Waals surface area contributed by atoms with Crippen LogP contribution in [0.3, 0.4) is 0 Å². The predicted molar refractivity (Wildman–Crippen MR) is 122 cm³/mol. The molecule has 0 fully saturated rings. The molecule has 0 spiro atoms. The van der Waals surface area contributed by atoms with Crippen molar-refractivity contribution in [2.24, 2.45) is 0 Å². The first-order chi connectivity index (χ1) is 15.9. The van der Waals surface area contributed by atoms with Crippen molar-refractivity contribution in [3.63, 3.8) is 0 Å². The van der Waals surface area contributed by atoms with Crippen molar-refractivity contribution < 1.29 is 24.5 Å². The Labute approximate surface area is 199 Å². The molecule has 2 aromatic heterocycles. The van der Waals surface area contributed by atoms with Crippen molar-refractivity contribution in [1.82, 2.24) is 14.9 Å². The SMILES string of the molecule is O=C1c2cc(-c3nc(NC(CO)CO)ncc3Cl)oc2CCN1[C@@H](O)Cc1cccc(Cl)c1. The van der Waals surface area contributed by atoms with E-state index in [4.69, 9.17) is 27.6 Å². The van der Waals surface area contributed by atoms with Crippen LogP contribution in [0.1, 0.15) is 21.7 Å². The molecule has 4 rings (SSSR count). The standard InChI is InChI=1S/C22H22Cl2N4O5/c23-13-3-1-2-12(6-13)7-19(31)28-5-4-17-15(21(28)32)8-18(33-17)20-16(24)9-25-22(27-20)26-14(10-29)11-30/h1-3,6,8-9,14,19,29-31H,4-5,7,10-11H2,(H,25,26,27)/t19-/m0/s1. The molecule has 1 atom stereocenters. The zero-order valence-corrected chi connectivity index (χ0v) is 18.9. The van der Waals surface area contributed by atoms with Crippen LogP contribution in [-0.2, 0) is 12.8 Å². The van der Waals surface area contributed by atoms with Crippen LogP contribution in [0.4, 0.5) is 5.95 Å². The molecule has 0 bridgehead atoms. The number of halogens is 2. The Hall–Kier alpha value is -2.69. The maximum atomic E-state index is 13.1. The molecule has 1 amide bonds. The van der Waals surface area contributed by atoms with E-state index >= 15 is 0 Å². The second-order valence-corrected chi connectivity index (χ2v) is 8.45. The first-order valence-electron chi connectivity index (χ1n) is 10.3. The Balaban J connectivity index is 1.55. The molecule has 33 heavy (non-hydrogen) atoms. The molecule has 1 aliphatic rings. The maximum Gasteiger partial charge on any atom is 0.259 e. The molecule has 3 heterocycles. The van der Waals surface area contributed by atoms with Crippen LogP contribution < -0.4 is 5.32 Å². The number of furan rings is 1. The molecule has 1 aromatic carbocycles. The number of hydrogen-bond acceptors (Lipinski definition) is 8. The van der Waals surface area contributed by atoms with Crippen molar-refractivity contribution >= 4 is 35.1 Å². The smallest absolute Gasteiger partial charge is 0.259 e. The van der Waals surface area contributed by atoms with Crippen molar-refractivity contribution in [1.29, 1.82) is 0 Å². The van der Waals surface area contributed by atoms with Gasteiger partial charge in [-0.15, -0.1) is 0 Å². The zero-order valence-electron chi connectivity index (χ0n) is 17.4. The lowest BCUT2D eigenvalue weighted by atomic mass is 10.0. The summed E-state index contributed by atoms with van der Waals surface area (Å²) < 4.78 is 5.87. The fourth-order valence-electron chi connectivity index (χ4n) is 3.60. The summed E-state index contributed by atoms with van der Waals surface area (Å²) in [4.78, 5) is 22.8. The second-order valence-electron chi connectivity index (χ2n) is 7.61. The second kappa shape index (κ2) is 10.1. The number of fused-ring (bicyclic) bond motifs is 1. The van der Waals surface area contributed by atoms with Crippen molar-refractivity contribution in [3.8, 4) is 11.5 Å². The minimum Gasteiger partial charge on any atom is -0.458 e. The molecule has 11 heteroatoms. The minimum absolute atomic E-state index is 0.141. The number of amides is 1. The topological polar surface area (TPSA) is 132 Å². The van der Waals surface area contributed by atoms with Gasteiger partial charge in [0.2, 0.25) is 5.95 Å². The largest absolute Gasteiger partial charge is 0.458 e. The number of anilines is 1. The molecule has 0 saturated heterocycles. The molecule has 0 saturated carbocycles. The van der Waals surface area contributed by atoms with Gasteiger partial charge in [-0.1, -0.05) is 35.3 Å². The maximum absolute atomic E-state index is 13.1. The predicted octanol–water partition coefficient (Wildman–Crippen LogP) is 2.37. The molecule has 1 aliphatic heterocycles. The summed E-state index contributed by atoms with van der Waals surface area (Å²) in [6.07, 6.45) is 1.01. The molecule has 0 aliphatic carbocycles. The zero-order chi connectivity index (χ0) is 23.5. The summed E-state index contributed by atoms with van der Waals surface area (Å²) in [6.45, 7) is -0.330. The molecule has 3 aromatic rings. The molecule has 0 radical (unpaired) electrons. The summed E-state index contributed by atoms with van der Waals surface area (Å²) in [6, 6.07) is 8.03. The lowest BCUT2D eigenvalue weighted by Crippen LogP contribution is -2.45. The number of aromatic nitrogens is 2. The van der Waals surface area contributed by atoms with Gasteiger partial charge in [-0.25, -0.2) is 9.97 Å². The van der Waals surface area contributed by atoms with Crippen molar-refractivity contribution in [3.05, 3.63) is 63.5 Å². The van der Waals surface area contributed by atoms with Gasteiger partial charge in [0.25, 0.3) is 5.91 Å². The van der Waals surface area contributed by atoms with E-state index in [1.165, 1.54) is 11.1 Å². The van der Waals surface area contributed by atoms with E-state index in [0.717, 1.165) is 5.56 Å². The molecular formula is C22H22Cl2N4O5. The number of benzene rings is 1. The fourth-order valence-corrected chi connectivity index (χ4v) is 4.00. The molecule has 174 valence electrons. The quantitative estimate of drug-likeness (QED) is 0.376. The van der Waals surface area contributed by atoms with Crippen molar-refractivity contribution in [2.75, 3.05) is 25.1 Å². The van der Waals surface area contributed by atoms with Crippen LogP contribution >= 0.6 is 23.2 Å². The van der Waals surface area contributed by atoms with Crippen LogP contribution in [0.5, 0.6) is 0 Å². The Bertz CT molecular complexity index is 1150. The third kappa shape index (κ3) is 5.13. The number of carbonyl (C=O) groups excluding carboxylic acids is 1. The summed E-state index contributed by atoms with van der Waals surface area (Å²) in [5.74, 6) is 0.542. The molecule has 9 nitrogen and oxygen atoms in total. The highest BCUT2D eigenvalue weighted by molar-refractivity contribution is 6.32. The average molecular weight is 493 g/mol. The van der Waals surface area contributed by atoms with E-state index in [1.807, 2.05) is 6.07 Å². The van der Waals surface area contributed by atoms with Gasteiger partial charge in [-0.2, -0.15) is 0 Å². The fraction of sp³-hybridized carbons (Fsp3) is 0.318. The highest BCUT2D eigenvalue weighted by atomic mass is 35.5. The molecular weight excluding hydrogens is 471 g/mol. The first-order valence-corrected chi connectivity index (χ1v) is 11.0. The lowest BCUT2D eigenvalue weighted by Gasteiger charge is -2.30. The number of nitrogens with zero attached hydrogens (tertiary/aromatic N) is 3. The summed E-state index contributed by atoms with van der Waals surface area (Å²) in [5.41, 5.74) is 1.41. The van der Waals surface area contributed by atoms with Crippen LogP contribution in [0, 0.1) is 0 Å². The molecule has 4 N–H and O–H groups in total. The van der Waals surface area contributed by atoms with E-state index in [9.17, 15) is 20.1 Å². The van der Waals surface area contributed by atoms with E-state index in [2.05, 4.69) is 15.3 Å². The first kappa shape index (κ1) is 23.5. The van der Waals surface area contributed by atoms with Crippen LogP contribution in [0.15, 0.2) is 40.9 Å². The van der Waals surface area contributed by atoms with E-state index in [1.54, 1.807) is 24.3 Å². The Morgan fingerprint density at radius 3 is 2.73 bits per heavy atom.